The van der Waals surface area contributed by atoms with Gasteiger partial charge < -0.3 is 19.7 Å². The van der Waals surface area contributed by atoms with Crippen molar-refractivity contribution in [3.63, 3.8) is 0 Å². The maximum Gasteiger partial charge on any atom is 0.251 e. The van der Waals surface area contributed by atoms with Crippen molar-refractivity contribution in [1.29, 1.82) is 5.26 Å². The smallest absolute Gasteiger partial charge is 0.251 e. The van der Waals surface area contributed by atoms with Gasteiger partial charge in [-0.2, -0.15) is 5.26 Å². The molecule has 0 radical (unpaired) electrons. The Kier molecular flexibility index (Phi) is 6.98. The number of hydrogen-bond acceptors (Lipinski definition) is 5. The number of para-hydroxylation sites is 2. The highest BCUT2D eigenvalue weighted by Gasteiger charge is 2.16. The molecule has 4 aromatic rings. The molecule has 0 saturated heterocycles. The third-order valence-corrected chi connectivity index (χ3v) is 5.22. The molecular formula is C26H24N4O3. The zero-order chi connectivity index (χ0) is 23.0. The number of carbonyl (C=O) groups is 1. The number of hydrogen-bond donors (Lipinski definition) is 2. The molecular weight excluding hydrogens is 416 g/mol. The predicted octanol–water partition coefficient (Wildman–Crippen LogP) is 3.47. The summed E-state index contributed by atoms with van der Waals surface area (Å²) in [6, 6.07) is 26.0. The molecule has 2 N–H and O–H groups in total. The van der Waals surface area contributed by atoms with E-state index < -0.39 is 6.10 Å². The molecule has 0 aliphatic rings. The second-order valence-electron chi connectivity index (χ2n) is 7.62. The van der Waals surface area contributed by atoms with Crippen LogP contribution in [0.3, 0.4) is 0 Å². The zero-order valence-electron chi connectivity index (χ0n) is 18.0. The van der Waals surface area contributed by atoms with Crippen molar-refractivity contribution in [3.05, 3.63) is 95.8 Å². The number of nitrogens with one attached hydrogen (secondary N) is 1. The second-order valence-corrected chi connectivity index (χ2v) is 7.62. The third-order valence-electron chi connectivity index (χ3n) is 5.22. The number of imidazole rings is 1. The van der Waals surface area contributed by atoms with Gasteiger partial charge in [-0.25, -0.2) is 4.98 Å². The van der Waals surface area contributed by atoms with Gasteiger partial charge in [-0.3, -0.25) is 4.79 Å². The van der Waals surface area contributed by atoms with E-state index in [0.717, 1.165) is 16.6 Å². The van der Waals surface area contributed by atoms with Crippen molar-refractivity contribution in [2.75, 3.05) is 6.61 Å². The van der Waals surface area contributed by atoms with Crippen LogP contribution >= 0.6 is 0 Å². The van der Waals surface area contributed by atoms with Crippen molar-refractivity contribution in [1.82, 2.24) is 14.9 Å². The molecule has 166 valence electrons. The number of benzene rings is 3. The molecule has 0 aliphatic heterocycles. The average Bonchev–Trinajstić information content (AvgIpc) is 3.20. The van der Waals surface area contributed by atoms with E-state index in [1.165, 1.54) is 0 Å². The quantitative estimate of drug-likeness (QED) is 0.415. The van der Waals surface area contributed by atoms with Gasteiger partial charge in [0, 0.05) is 5.56 Å². The Morgan fingerprint density at radius 2 is 1.79 bits per heavy atom. The highest BCUT2D eigenvalue weighted by molar-refractivity contribution is 5.94. The van der Waals surface area contributed by atoms with Crippen molar-refractivity contribution >= 4 is 16.9 Å². The number of nitrogens with zero attached hydrogens (tertiary/aromatic N) is 3. The first-order chi connectivity index (χ1) is 16.1. The van der Waals surface area contributed by atoms with Gasteiger partial charge >= 0.3 is 0 Å². The van der Waals surface area contributed by atoms with E-state index in [1.54, 1.807) is 24.3 Å². The maximum atomic E-state index is 12.5. The lowest BCUT2D eigenvalue weighted by atomic mass is 10.2. The lowest BCUT2D eigenvalue weighted by Crippen LogP contribution is -2.28. The molecule has 7 heteroatoms. The Morgan fingerprint density at radius 3 is 2.55 bits per heavy atom. The van der Waals surface area contributed by atoms with Crippen molar-refractivity contribution in [3.8, 4) is 11.8 Å². The summed E-state index contributed by atoms with van der Waals surface area (Å²) in [6.45, 7) is 0.597. The normalized spacial score (nSPS) is 11.6. The topological polar surface area (TPSA) is 100 Å². The van der Waals surface area contributed by atoms with E-state index in [9.17, 15) is 9.90 Å². The molecule has 0 bridgehead atoms. The first-order valence-corrected chi connectivity index (χ1v) is 10.7. The first kappa shape index (κ1) is 22.1. The summed E-state index contributed by atoms with van der Waals surface area (Å²) in [5.41, 5.74) is 3.16. The van der Waals surface area contributed by atoms with Gasteiger partial charge in [-0.05, 0) is 42.0 Å². The van der Waals surface area contributed by atoms with Crippen LogP contribution in [-0.2, 0) is 19.5 Å². The number of aromatic nitrogens is 2. The van der Waals surface area contributed by atoms with Crippen LogP contribution in [0.4, 0.5) is 0 Å². The fraction of sp³-hybridized carbons (Fsp3) is 0.192. The second kappa shape index (κ2) is 10.4. The van der Waals surface area contributed by atoms with E-state index in [4.69, 9.17) is 10.00 Å². The van der Waals surface area contributed by atoms with Crippen LogP contribution < -0.4 is 10.1 Å². The van der Waals surface area contributed by atoms with E-state index in [1.807, 2.05) is 59.2 Å². The van der Waals surface area contributed by atoms with Gasteiger partial charge in [-0.1, -0.05) is 42.5 Å². The fourth-order valence-corrected chi connectivity index (χ4v) is 3.57. The van der Waals surface area contributed by atoms with Crippen molar-refractivity contribution in [2.24, 2.45) is 0 Å². The molecule has 1 atom stereocenters. The molecule has 3 aromatic carbocycles. The summed E-state index contributed by atoms with van der Waals surface area (Å²) in [5, 5.41) is 22.3. The molecule has 0 saturated carbocycles. The number of ether oxygens (including phenoxy) is 1. The largest absolute Gasteiger partial charge is 0.491 e. The molecule has 1 aromatic heterocycles. The van der Waals surface area contributed by atoms with Gasteiger partial charge in [0.2, 0.25) is 0 Å². The maximum absolute atomic E-state index is 12.5. The van der Waals surface area contributed by atoms with Crippen molar-refractivity contribution in [2.45, 2.75) is 25.6 Å². The summed E-state index contributed by atoms with van der Waals surface area (Å²) in [6.07, 6.45) is -0.440. The summed E-state index contributed by atoms with van der Waals surface area (Å²) in [4.78, 5) is 17.1. The van der Waals surface area contributed by atoms with Gasteiger partial charge in [0.1, 0.15) is 24.3 Å². The minimum Gasteiger partial charge on any atom is -0.491 e. The minimum atomic E-state index is -0.787. The predicted molar refractivity (Wildman–Crippen MR) is 125 cm³/mol. The van der Waals surface area contributed by atoms with E-state index in [0.29, 0.717) is 23.6 Å². The first-order valence-electron chi connectivity index (χ1n) is 10.7. The van der Waals surface area contributed by atoms with Gasteiger partial charge in [0.15, 0.2) is 0 Å². The van der Waals surface area contributed by atoms with Crippen LogP contribution in [0.5, 0.6) is 5.75 Å². The van der Waals surface area contributed by atoms with Crippen LogP contribution in [0.2, 0.25) is 0 Å². The lowest BCUT2D eigenvalue weighted by molar-refractivity contribution is 0.0917. The number of carbonyl (C=O) groups excluding carboxylic acids is 1. The van der Waals surface area contributed by atoms with E-state index in [2.05, 4.69) is 16.4 Å². The average molecular weight is 441 g/mol. The number of nitriles is 1. The van der Waals surface area contributed by atoms with Crippen LogP contribution in [0.15, 0.2) is 78.9 Å². The number of fused-ring (bicyclic) bond motifs is 1. The molecule has 1 amide bonds. The Bertz CT molecular complexity index is 1260. The highest BCUT2D eigenvalue weighted by atomic mass is 16.5. The van der Waals surface area contributed by atoms with Crippen LogP contribution in [0.1, 0.15) is 21.7 Å². The number of aliphatic hydroxyl groups is 1. The monoisotopic (exact) mass is 440 g/mol. The van der Waals surface area contributed by atoms with E-state index in [-0.39, 0.29) is 25.6 Å². The third kappa shape index (κ3) is 5.56. The summed E-state index contributed by atoms with van der Waals surface area (Å²) >= 11 is 0. The van der Waals surface area contributed by atoms with Gasteiger partial charge in [-0.15, -0.1) is 0 Å². The minimum absolute atomic E-state index is 0.0971. The highest BCUT2D eigenvalue weighted by Crippen LogP contribution is 2.18. The molecule has 0 unspecified atom stereocenters. The van der Waals surface area contributed by atoms with Gasteiger partial charge in [0.25, 0.3) is 5.91 Å². The summed E-state index contributed by atoms with van der Waals surface area (Å²) in [5.74, 6) is 1.10. The molecule has 0 spiro atoms. The summed E-state index contributed by atoms with van der Waals surface area (Å²) in [7, 11) is 0. The van der Waals surface area contributed by atoms with Crippen LogP contribution in [0.25, 0.3) is 11.0 Å². The number of amides is 1. The molecule has 7 nitrogen and oxygen atoms in total. The Labute approximate surface area is 191 Å². The number of aliphatic hydroxyl groups excluding tert-OH is 1. The molecule has 0 fully saturated rings. The zero-order valence-corrected chi connectivity index (χ0v) is 18.0. The molecule has 33 heavy (non-hydrogen) atoms. The Morgan fingerprint density at radius 1 is 1.06 bits per heavy atom. The molecule has 4 rings (SSSR count). The van der Waals surface area contributed by atoms with E-state index >= 15 is 0 Å². The standard InChI is InChI=1S/C26H24N4O3/c27-15-14-19-10-12-22(13-11-19)33-18-21(31)17-30-24-9-5-4-8-23(24)29-25(30)16-28-26(32)20-6-2-1-3-7-20/h1-13,21,31H,14,16-18H2,(H,28,32)/t21-/m1/s1. The lowest BCUT2D eigenvalue weighted by Gasteiger charge is -2.16. The van der Waals surface area contributed by atoms with Crippen molar-refractivity contribution < 1.29 is 14.6 Å². The SMILES string of the molecule is N#CCc1ccc(OC[C@H](O)Cn2c(CNC(=O)c3ccccc3)nc3ccccc32)cc1. The molecule has 0 aliphatic carbocycles. The van der Waals surface area contributed by atoms with Gasteiger partial charge in [0.05, 0.1) is 36.6 Å². The molecule has 1 heterocycles. The summed E-state index contributed by atoms with van der Waals surface area (Å²) < 4.78 is 7.63. The Balaban J connectivity index is 1.43. The number of rotatable bonds is 9. The fourth-order valence-electron chi connectivity index (χ4n) is 3.57. The van der Waals surface area contributed by atoms with Crippen LogP contribution in [-0.4, -0.2) is 33.3 Å². The van der Waals surface area contributed by atoms with Crippen LogP contribution in [0, 0.1) is 11.3 Å². The Hall–Kier alpha value is -4.15.